The van der Waals surface area contributed by atoms with Gasteiger partial charge in [-0.2, -0.15) is 0 Å². The minimum Gasteiger partial charge on any atom is -0.267 e. The van der Waals surface area contributed by atoms with E-state index in [1.54, 1.807) is 24.3 Å². The van der Waals surface area contributed by atoms with Gasteiger partial charge in [0.05, 0.1) is 5.71 Å². The Labute approximate surface area is 158 Å². The molecule has 0 fully saturated rings. The first-order chi connectivity index (χ1) is 13.0. The summed E-state index contributed by atoms with van der Waals surface area (Å²) in [6, 6.07) is 24.2. The van der Waals surface area contributed by atoms with Crippen LogP contribution in [0.2, 0.25) is 0 Å². The van der Waals surface area contributed by atoms with Gasteiger partial charge in [-0.05, 0) is 36.2 Å². The molecule has 134 valence electrons. The number of benzene rings is 3. The van der Waals surface area contributed by atoms with E-state index in [9.17, 15) is 4.79 Å². The smallest absolute Gasteiger partial charge is 0.267 e. The molecule has 0 N–H and O–H groups in total. The summed E-state index contributed by atoms with van der Waals surface area (Å²) in [5, 5.41) is 0. The van der Waals surface area contributed by atoms with Crippen LogP contribution in [0, 0.1) is 6.92 Å². The van der Waals surface area contributed by atoms with Crippen molar-refractivity contribution in [3.05, 3.63) is 107 Å². The van der Waals surface area contributed by atoms with Crippen molar-refractivity contribution in [3.63, 3.8) is 0 Å². The van der Waals surface area contributed by atoms with Crippen molar-refractivity contribution in [2.75, 3.05) is 0 Å². The number of aryl methyl sites for hydroxylation is 1. The van der Waals surface area contributed by atoms with Crippen molar-refractivity contribution in [1.82, 2.24) is 0 Å². The molecule has 3 heteroatoms. The van der Waals surface area contributed by atoms with Gasteiger partial charge in [-0.15, -0.1) is 0 Å². The minimum absolute atomic E-state index is 0.197. The lowest BCUT2D eigenvalue weighted by molar-refractivity contribution is 0.100. The highest BCUT2D eigenvalue weighted by Crippen LogP contribution is 2.37. The molecule has 0 saturated heterocycles. The zero-order valence-electron chi connectivity index (χ0n) is 15.2. The van der Waals surface area contributed by atoms with Crippen molar-refractivity contribution in [3.8, 4) is 0 Å². The van der Waals surface area contributed by atoms with Gasteiger partial charge in [-0.25, -0.2) is 9.38 Å². The third kappa shape index (κ3) is 3.45. The molecule has 4 rings (SSSR count). The van der Waals surface area contributed by atoms with Crippen LogP contribution in [-0.4, -0.2) is 17.3 Å². The third-order valence-corrected chi connectivity index (χ3v) is 4.98. The van der Waals surface area contributed by atoms with Gasteiger partial charge < -0.3 is 0 Å². The lowest BCUT2D eigenvalue weighted by atomic mass is 9.91. The molecule has 1 amide bonds. The maximum absolute atomic E-state index is 16.2. The Morgan fingerprint density at radius 1 is 1.00 bits per heavy atom. The van der Waals surface area contributed by atoms with Gasteiger partial charge in [0.2, 0.25) is 0 Å². The van der Waals surface area contributed by atoms with E-state index in [2.05, 4.69) is 4.99 Å². The summed E-state index contributed by atoms with van der Waals surface area (Å²) < 4.78 is 16.2. The first-order valence-corrected chi connectivity index (χ1v) is 9.06. The van der Waals surface area contributed by atoms with Gasteiger partial charge in [0, 0.05) is 24.0 Å². The number of alkyl halides is 1. The van der Waals surface area contributed by atoms with E-state index >= 15 is 4.39 Å². The fourth-order valence-electron chi connectivity index (χ4n) is 3.66. The Balaban J connectivity index is 1.79. The van der Waals surface area contributed by atoms with Crippen molar-refractivity contribution in [2.24, 2.45) is 4.99 Å². The number of nitrogens with zero attached hydrogens (tertiary/aromatic N) is 1. The molecule has 1 unspecified atom stereocenters. The average Bonchev–Trinajstić information content (AvgIpc) is 2.94. The SMILES string of the molecule is Cc1ccc2c(c1)/C(=N\C(=O)c1ccccc1)C(F)(Cc1ccccc1)C2. The molecule has 0 saturated carbocycles. The van der Waals surface area contributed by atoms with Gasteiger partial charge in [0.25, 0.3) is 5.91 Å². The lowest BCUT2D eigenvalue weighted by Gasteiger charge is -2.21. The number of amides is 1. The molecule has 0 bridgehead atoms. The van der Waals surface area contributed by atoms with Gasteiger partial charge >= 0.3 is 0 Å². The number of halogens is 1. The zero-order chi connectivity index (χ0) is 18.9. The number of carbonyl (C=O) groups excluding carboxylic acids is 1. The largest absolute Gasteiger partial charge is 0.277 e. The summed E-state index contributed by atoms with van der Waals surface area (Å²) in [6.07, 6.45) is 0.431. The molecule has 0 heterocycles. The van der Waals surface area contributed by atoms with Gasteiger partial charge in [-0.1, -0.05) is 66.2 Å². The Hall–Kier alpha value is -3.07. The minimum atomic E-state index is -1.69. The Morgan fingerprint density at radius 2 is 1.67 bits per heavy atom. The van der Waals surface area contributed by atoms with E-state index < -0.39 is 11.6 Å². The van der Waals surface area contributed by atoms with Crippen LogP contribution in [-0.2, 0) is 12.8 Å². The molecule has 1 aliphatic carbocycles. The van der Waals surface area contributed by atoms with Crippen LogP contribution in [0.15, 0.2) is 83.9 Å². The van der Waals surface area contributed by atoms with E-state index in [4.69, 9.17) is 0 Å². The number of hydrogen-bond donors (Lipinski definition) is 0. The number of aliphatic imine (C=N–C) groups is 1. The molecule has 0 aromatic heterocycles. The Morgan fingerprint density at radius 3 is 2.37 bits per heavy atom. The summed E-state index contributed by atoms with van der Waals surface area (Å²) in [6.45, 7) is 1.96. The number of fused-ring (bicyclic) bond motifs is 1. The van der Waals surface area contributed by atoms with E-state index in [0.717, 1.165) is 22.3 Å². The van der Waals surface area contributed by atoms with Gasteiger partial charge in [0.15, 0.2) is 5.67 Å². The highest BCUT2D eigenvalue weighted by atomic mass is 19.1. The van der Waals surface area contributed by atoms with Crippen LogP contribution in [0.5, 0.6) is 0 Å². The predicted molar refractivity (Wildman–Crippen MR) is 106 cm³/mol. The van der Waals surface area contributed by atoms with Crippen molar-refractivity contribution in [1.29, 1.82) is 0 Å². The number of rotatable bonds is 3. The highest BCUT2D eigenvalue weighted by molar-refractivity contribution is 6.17. The molecule has 3 aromatic rings. The van der Waals surface area contributed by atoms with E-state index in [1.807, 2.05) is 61.5 Å². The maximum Gasteiger partial charge on any atom is 0.277 e. The van der Waals surface area contributed by atoms with Gasteiger partial charge in [0.1, 0.15) is 0 Å². The highest BCUT2D eigenvalue weighted by Gasteiger charge is 2.44. The molecular formula is C24H20FNO. The first kappa shape index (κ1) is 17.3. The second-order valence-corrected chi connectivity index (χ2v) is 7.10. The number of hydrogen-bond acceptors (Lipinski definition) is 1. The quantitative estimate of drug-likeness (QED) is 0.639. The van der Waals surface area contributed by atoms with Crippen LogP contribution in [0.4, 0.5) is 4.39 Å². The molecule has 3 aromatic carbocycles. The molecule has 0 radical (unpaired) electrons. The molecule has 27 heavy (non-hydrogen) atoms. The molecule has 0 aliphatic heterocycles. The lowest BCUT2D eigenvalue weighted by Crippen LogP contribution is -2.34. The van der Waals surface area contributed by atoms with E-state index in [-0.39, 0.29) is 18.6 Å². The fraction of sp³-hybridized carbons (Fsp3) is 0.167. The summed E-state index contributed by atoms with van der Waals surface area (Å²) in [5.74, 6) is -0.407. The van der Waals surface area contributed by atoms with Crippen LogP contribution in [0.3, 0.4) is 0 Å². The monoisotopic (exact) mass is 357 g/mol. The summed E-state index contributed by atoms with van der Waals surface area (Å²) in [4.78, 5) is 17.0. The maximum atomic E-state index is 16.2. The molecule has 2 nitrogen and oxygen atoms in total. The van der Waals surface area contributed by atoms with E-state index in [0.29, 0.717) is 5.56 Å². The first-order valence-electron chi connectivity index (χ1n) is 9.06. The fourth-order valence-corrected chi connectivity index (χ4v) is 3.66. The molecule has 1 atom stereocenters. The number of carbonyl (C=O) groups is 1. The molecule has 0 spiro atoms. The zero-order valence-corrected chi connectivity index (χ0v) is 15.2. The summed E-state index contributed by atoms with van der Waals surface area (Å²) in [7, 11) is 0. The van der Waals surface area contributed by atoms with Gasteiger partial charge in [-0.3, -0.25) is 4.79 Å². The Kier molecular flexibility index (Phi) is 4.44. The van der Waals surface area contributed by atoms with Crippen LogP contribution < -0.4 is 0 Å². The standard InChI is InChI=1S/C24H20FNO/c1-17-12-13-20-16-24(25,15-18-8-4-2-5-9-18)22(21(20)14-17)26-23(27)19-10-6-3-7-11-19/h2-14H,15-16H2,1H3/b26-22+. The Bertz CT molecular complexity index is 1010. The summed E-state index contributed by atoms with van der Waals surface area (Å²) >= 11 is 0. The van der Waals surface area contributed by atoms with Crippen molar-refractivity contribution < 1.29 is 9.18 Å². The second kappa shape index (κ2) is 6.92. The second-order valence-electron chi connectivity index (χ2n) is 7.10. The molecule has 1 aliphatic rings. The third-order valence-electron chi connectivity index (χ3n) is 4.98. The van der Waals surface area contributed by atoms with E-state index in [1.165, 1.54) is 0 Å². The predicted octanol–water partition coefficient (Wildman–Crippen LogP) is 5.13. The molecular weight excluding hydrogens is 337 g/mol. The average molecular weight is 357 g/mol. The normalized spacial score (nSPS) is 19.9. The topological polar surface area (TPSA) is 29.4 Å². The van der Waals surface area contributed by atoms with Crippen molar-refractivity contribution in [2.45, 2.75) is 25.4 Å². The van der Waals surface area contributed by atoms with Crippen LogP contribution in [0.1, 0.15) is 32.6 Å². The van der Waals surface area contributed by atoms with Crippen LogP contribution >= 0.6 is 0 Å². The summed E-state index contributed by atoms with van der Waals surface area (Å²) in [5.41, 5.74) is 2.59. The van der Waals surface area contributed by atoms with Crippen molar-refractivity contribution >= 4 is 11.6 Å². The van der Waals surface area contributed by atoms with Crippen LogP contribution in [0.25, 0.3) is 0 Å².